The van der Waals surface area contributed by atoms with Crippen molar-refractivity contribution in [3.63, 3.8) is 0 Å². The van der Waals surface area contributed by atoms with E-state index in [0.717, 1.165) is 29.5 Å². The summed E-state index contributed by atoms with van der Waals surface area (Å²) in [5.41, 5.74) is 3.64. The van der Waals surface area contributed by atoms with E-state index in [4.69, 9.17) is 0 Å². The summed E-state index contributed by atoms with van der Waals surface area (Å²) in [6, 6.07) is 19.7. The molecule has 0 fully saturated rings. The van der Waals surface area contributed by atoms with E-state index >= 15 is 0 Å². The van der Waals surface area contributed by atoms with Gasteiger partial charge in [-0.3, -0.25) is 0 Å². The first-order valence-corrected chi connectivity index (χ1v) is 6.98. The third-order valence-corrected chi connectivity index (χ3v) is 3.84. The van der Waals surface area contributed by atoms with Gasteiger partial charge in [0.25, 0.3) is 0 Å². The van der Waals surface area contributed by atoms with E-state index in [1.807, 2.05) is 60.7 Å². The SMILES string of the molecule is OC1(O)CCCC(c2ccccc2)=C1c1ccccc1. The van der Waals surface area contributed by atoms with Gasteiger partial charge in [-0.1, -0.05) is 60.7 Å². The summed E-state index contributed by atoms with van der Waals surface area (Å²) in [4.78, 5) is 0. The zero-order valence-corrected chi connectivity index (χ0v) is 11.3. The Bertz CT molecular complexity index is 612. The van der Waals surface area contributed by atoms with Crippen molar-refractivity contribution in [1.29, 1.82) is 0 Å². The molecule has 0 atom stereocenters. The van der Waals surface area contributed by atoms with Crippen LogP contribution in [0.1, 0.15) is 30.4 Å². The van der Waals surface area contributed by atoms with Crippen LogP contribution in [0, 0.1) is 0 Å². The quantitative estimate of drug-likeness (QED) is 0.817. The molecule has 0 spiro atoms. The van der Waals surface area contributed by atoms with Gasteiger partial charge in [0, 0.05) is 12.0 Å². The Balaban J connectivity index is 2.21. The molecule has 0 bridgehead atoms. The van der Waals surface area contributed by atoms with Crippen molar-refractivity contribution in [3.05, 3.63) is 71.8 Å². The Morgan fingerprint density at radius 2 is 1.30 bits per heavy atom. The first-order chi connectivity index (χ1) is 9.68. The van der Waals surface area contributed by atoms with E-state index in [9.17, 15) is 10.2 Å². The minimum absolute atomic E-state index is 0.383. The molecule has 102 valence electrons. The van der Waals surface area contributed by atoms with Gasteiger partial charge >= 0.3 is 0 Å². The van der Waals surface area contributed by atoms with Crippen LogP contribution >= 0.6 is 0 Å². The third-order valence-electron chi connectivity index (χ3n) is 3.84. The van der Waals surface area contributed by atoms with Crippen molar-refractivity contribution in [3.8, 4) is 0 Å². The lowest BCUT2D eigenvalue weighted by Crippen LogP contribution is -2.33. The largest absolute Gasteiger partial charge is 0.362 e. The molecule has 20 heavy (non-hydrogen) atoms. The molecule has 2 heteroatoms. The lowest BCUT2D eigenvalue weighted by Gasteiger charge is -2.33. The molecule has 0 saturated carbocycles. The Morgan fingerprint density at radius 3 is 1.90 bits per heavy atom. The van der Waals surface area contributed by atoms with Crippen molar-refractivity contribution in [2.24, 2.45) is 0 Å². The van der Waals surface area contributed by atoms with Crippen LogP contribution < -0.4 is 0 Å². The van der Waals surface area contributed by atoms with Crippen LogP contribution in [-0.2, 0) is 0 Å². The van der Waals surface area contributed by atoms with Crippen LogP contribution in [0.3, 0.4) is 0 Å². The Kier molecular flexibility index (Phi) is 3.43. The summed E-state index contributed by atoms with van der Waals surface area (Å²) in [7, 11) is 0. The Morgan fingerprint density at radius 1 is 0.750 bits per heavy atom. The third kappa shape index (κ3) is 2.40. The predicted molar refractivity (Wildman–Crippen MR) is 80.7 cm³/mol. The van der Waals surface area contributed by atoms with Gasteiger partial charge in [-0.25, -0.2) is 0 Å². The van der Waals surface area contributed by atoms with Crippen molar-refractivity contribution >= 4 is 11.1 Å². The number of allylic oxidation sites excluding steroid dienone is 1. The first kappa shape index (κ1) is 13.1. The summed E-state index contributed by atoms with van der Waals surface area (Å²) in [5, 5.41) is 20.8. The molecule has 2 N–H and O–H groups in total. The lowest BCUT2D eigenvalue weighted by atomic mass is 9.80. The maximum Gasteiger partial charge on any atom is 0.190 e. The summed E-state index contributed by atoms with van der Waals surface area (Å²) >= 11 is 0. The van der Waals surface area contributed by atoms with Crippen LogP contribution in [0.2, 0.25) is 0 Å². The van der Waals surface area contributed by atoms with Crippen LogP contribution in [0.4, 0.5) is 0 Å². The summed E-state index contributed by atoms with van der Waals surface area (Å²) in [6.45, 7) is 0. The van der Waals surface area contributed by atoms with E-state index in [0.29, 0.717) is 12.0 Å². The van der Waals surface area contributed by atoms with Gasteiger partial charge < -0.3 is 10.2 Å². The Labute approximate surface area is 119 Å². The van der Waals surface area contributed by atoms with E-state index in [-0.39, 0.29) is 0 Å². The molecule has 1 aliphatic rings. The molecule has 0 saturated heterocycles. The fraction of sp³-hybridized carbons (Fsp3) is 0.222. The topological polar surface area (TPSA) is 40.5 Å². The molecule has 1 aliphatic carbocycles. The molecule has 0 radical (unpaired) electrons. The molecule has 0 amide bonds. The highest BCUT2D eigenvalue weighted by atomic mass is 16.5. The van der Waals surface area contributed by atoms with Gasteiger partial charge in [-0.05, 0) is 29.5 Å². The minimum atomic E-state index is -1.75. The van der Waals surface area contributed by atoms with Crippen molar-refractivity contribution in [1.82, 2.24) is 0 Å². The average Bonchev–Trinajstić information content (AvgIpc) is 2.48. The average molecular weight is 266 g/mol. The minimum Gasteiger partial charge on any atom is -0.362 e. The standard InChI is InChI=1S/C18H18O2/c19-18(20)13-7-12-16(14-8-3-1-4-9-14)17(18)15-10-5-2-6-11-15/h1-6,8-11,19-20H,7,12-13H2. The van der Waals surface area contributed by atoms with Gasteiger partial charge in [-0.15, -0.1) is 0 Å². The van der Waals surface area contributed by atoms with E-state index in [1.165, 1.54) is 0 Å². The summed E-state index contributed by atoms with van der Waals surface area (Å²) in [6.07, 6.45) is 2.04. The number of aliphatic hydroxyl groups is 2. The number of hydrogen-bond donors (Lipinski definition) is 2. The Hall–Kier alpha value is -1.90. The molecular formula is C18H18O2. The monoisotopic (exact) mass is 266 g/mol. The summed E-state index contributed by atoms with van der Waals surface area (Å²) < 4.78 is 0. The normalized spacial score (nSPS) is 18.1. The van der Waals surface area contributed by atoms with Gasteiger partial charge in [-0.2, -0.15) is 0 Å². The van der Waals surface area contributed by atoms with E-state index < -0.39 is 5.79 Å². The van der Waals surface area contributed by atoms with Crippen molar-refractivity contribution in [2.75, 3.05) is 0 Å². The molecule has 3 rings (SSSR count). The van der Waals surface area contributed by atoms with Gasteiger partial charge in [0.2, 0.25) is 0 Å². The second kappa shape index (κ2) is 5.23. The molecule has 2 aromatic carbocycles. The molecule has 2 aromatic rings. The van der Waals surface area contributed by atoms with Crippen LogP contribution in [0.25, 0.3) is 11.1 Å². The fourth-order valence-corrected chi connectivity index (χ4v) is 2.94. The molecule has 0 aliphatic heterocycles. The molecule has 0 heterocycles. The van der Waals surface area contributed by atoms with E-state index in [2.05, 4.69) is 0 Å². The highest BCUT2D eigenvalue weighted by Gasteiger charge is 2.35. The second-order valence-electron chi connectivity index (χ2n) is 5.26. The van der Waals surface area contributed by atoms with Crippen LogP contribution in [0.5, 0.6) is 0 Å². The molecular weight excluding hydrogens is 248 g/mol. The highest BCUT2D eigenvalue weighted by molar-refractivity contribution is 5.94. The smallest absolute Gasteiger partial charge is 0.190 e. The molecule has 2 nitrogen and oxygen atoms in total. The number of rotatable bonds is 2. The van der Waals surface area contributed by atoms with Crippen LogP contribution in [0.15, 0.2) is 60.7 Å². The molecule has 0 unspecified atom stereocenters. The number of benzene rings is 2. The van der Waals surface area contributed by atoms with Gasteiger partial charge in [0.05, 0.1) is 0 Å². The maximum atomic E-state index is 10.4. The fourth-order valence-electron chi connectivity index (χ4n) is 2.94. The van der Waals surface area contributed by atoms with E-state index in [1.54, 1.807) is 0 Å². The first-order valence-electron chi connectivity index (χ1n) is 6.98. The highest BCUT2D eigenvalue weighted by Crippen LogP contribution is 2.42. The summed E-state index contributed by atoms with van der Waals surface area (Å²) in [5.74, 6) is -1.75. The zero-order chi connectivity index (χ0) is 14.0. The van der Waals surface area contributed by atoms with Crippen molar-refractivity contribution in [2.45, 2.75) is 25.0 Å². The predicted octanol–water partition coefficient (Wildman–Crippen LogP) is 3.46. The number of hydrogen-bond acceptors (Lipinski definition) is 2. The zero-order valence-electron chi connectivity index (χ0n) is 11.3. The van der Waals surface area contributed by atoms with Crippen molar-refractivity contribution < 1.29 is 10.2 Å². The van der Waals surface area contributed by atoms with Gasteiger partial charge in [0.1, 0.15) is 0 Å². The molecule has 0 aromatic heterocycles. The maximum absolute atomic E-state index is 10.4. The second-order valence-corrected chi connectivity index (χ2v) is 5.26. The van der Waals surface area contributed by atoms with Gasteiger partial charge in [0.15, 0.2) is 5.79 Å². The lowest BCUT2D eigenvalue weighted by molar-refractivity contribution is -0.115. The van der Waals surface area contributed by atoms with Crippen LogP contribution in [-0.4, -0.2) is 16.0 Å².